The minimum absolute atomic E-state index is 0.123. The fourth-order valence-electron chi connectivity index (χ4n) is 3.53. The number of aromatic hydroxyl groups is 1. The van der Waals surface area contributed by atoms with Crippen molar-refractivity contribution in [1.29, 1.82) is 5.26 Å². The number of hydrogen-bond acceptors (Lipinski definition) is 4. The summed E-state index contributed by atoms with van der Waals surface area (Å²) in [6, 6.07) is 19.0. The zero-order chi connectivity index (χ0) is 21.8. The summed E-state index contributed by atoms with van der Waals surface area (Å²) in [5.41, 5.74) is 5.81. The lowest BCUT2D eigenvalue weighted by Crippen LogP contribution is -2.06. The lowest BCUT2D eigenvalue weighted by Gasteiger charge is -2.16. The van der Waals surface area contributed by atoms with Gasteiger partial charge in [0.1, 0.15) is 23.2 Å². The Morgan fingerprint density at radius 2 is 1.97 bits per heavy atom. The topological polar surface area (TPSA) is 68.9 Å². The molecule has 1 aliphatic rings. The molecule has 0 saturated heterocycles. The van der Waals surface area contributed by atoms with E-state index in [1.807, 2.05) is 54.6 Å². The minimum Gasteiger partial charge on any atom is -0.507 e. The van der Waals surface area contributed by atoms with Gasteiger partial charge in [0.25, 0.3) is 0 Å². The number of nitrogens with one attached hydrogen (secondary N) is 1. The average molecular weight is 403 g/mol. The molecule has 0 atom stereocenters. The van der Waals surface area contributed by atoms with Gasteiger partial charge in [-0.3, -0.25) is 0 Å². The Kier molecular flexibility index (Phi) is 5.51. The molecule has 0 amide bonds. The van der Waals surface area contributed by atoms with E-state index < -0.39 is 0 Å². The first-order valence-electron chi connectivity index (χ1n) is 9.89. The summed E-state index contributed by atoms with van der Waals surface area (Å²) in [5, 5.41) is 23.7. The normalized spacial score (nSPS) is 12.2. The Balaban J connectivity index is 1.91. The maximum Gasteiger partial charge on any atom is 0.149 e. The lowest BCUT2D eigenvalue weighted by atomic mass is 9.96. The molecule has 0 bridgehead atoms. The molecule has 4 heteroatoms. The van der Waals surface area contributed by atoms with Crippen LogP contribution in [0.5, 0.6) is 5.75 Å². The summed E-state index contributed by atoms with van der Waals surface area (Å²) in [5.74, 6) is 0.526. The zero-order valence-electron chi connectivity index (χ0n) is 17.0. The third kappa shape index (κ3) is 4.03. The highest BCUT2D eigenvalue weighted by Crippen LogP contribution is 2.36. The molecule has 1 aliphatic carbocycles. The number of hydrogen-bond donors (Lipinski definition) is 2. The van der Waals surface area contributed by atoms with E-state index in [9.17, 15) is 10.4 Å². The highest BCUT2D eigenvalue weighted by Gasteiger charge is 2.18. The van der Waals surface area contributed by atoms with Crippen LogP contribution in [-0.4, -0.2) is 10.1 Å². The van der Waals surface area contributed by atoms with Gasteiger partial charge in [-0.05, 0) is 47.4 Å². The van der Waals surface area contributed by atoms with E-state index in [4.69, 9.17) is 4.98 Å². The first kappa shape index (κ1) is 19.9. The SMILES string of the molecule is C=Cc1cccc(-c2cc(-c3ccccc3O)nc(NC(=C)C3=CC=CC3)c2C#N)c1. The van der Waals surface area contributed by atoms with Crippen molar-refractivity contribution in [2.75, 3.05) is 5.32 Å². The smallest absolute Gasteiger partial charge is 0.149 e. The third-order valence-corrected chi connectivity index (χ3v) is 5.17. The molecule has 1 aromatic heterocycles. The molecule has 0 spiro atoms. The number of pyridine rings is 1. The number of phenols is 1. The molecule has 2 aromatic carbocycles. The Morgan fingerprint density at radius 1 is 1.13 bits per heavy atom. The summed E-state index contributed by atoms with van der Waals surface area (Å²) in [6.07, 6.45) is 8.56. The summed E-state index contributed by atoms with van der Waals surface area (Å²) < 4.78 is 0. The van der Waals surface area contributed by atoms with Crippen molar-refractivity contribution >= 4 is 11.9 Å². The molecule has 0 fully saturated rings. The van der Waals surface area contributed by atoms with Crippen LogP contribution in [0, 0.1) is 11.3 Å². The Morgan fingerprint density at radius 3 is 2.68 bits per heavy atom. The van der Waals surface area contributed by atoms with Crippen molar-refractivity contribution in [3.63, 3.8) is 0 Å². The Bertz CT molecular complexity index is 1290. The summed E-state index contributed by atoms with van der Waals surface area (Å²) in [6.45, 7) is 7.97. The number of anilines is 1. The molecule has 0 aliphatic heterocycles. The van der Waals surface area contributed by atoms with Gasteiger partial charge in [-0.1, -0.05) is 67.8 Å². The second-order valence-corrected chi connectivity index (χ2v) is 7.16. The van der Waals surface area contributed by atoms with Crippen molar-refractivity contribution in [3.05, 3.63) is 108 Å². The van der Waals surface area contributed by atoms with Crippen LogP contribution in [-0.2, 0) is 0 Å². The number of para-hydroxylation sites is 1. The molecule has 0 unspecified atom stereocenters. The van der Waals surface area contributed by atoms with E-state index in [0.29, 0.717) is 33.9 Å². The standard InChI is InChI=1S/C27H21N3O/c1-3-19-9-8-12-21(15-19)23-16-25(22-13-6-7-14-26(22)31)30-27(24(23)17-28)29-18(2)20-10-4-5-11-20/h3-10,12-16,31H,1-2,11H2,(H,29,30). The minimum atomic E-state index is 0.123. The number of aromatic nitrogens is 1. The van der Waals surface area contributed by atoms with Crippen LogP contribution in [0.15, 0.2) is 97.3 Å². The van der Waals surface area contributed by atoms with Gasteiger partial charge in [0.15, 0.2) is 0 Å². The number of nitrogens with zero attached hydrogens (tertiary/aromatic N) is 2. The highest BCUT2D eigenvalue weighted by atomic mass is 16.3. The van der Waals surface area contributed by atoms with Gasteiger partial charge in [-0.25, -0.2) is 4.98 Å². The van der Waals surface area contributed by atoms with Gasteiger partial charge in [0.05, 0.1) is 5.69 Å². The van der Waals surface area contributed by atoms with Gasteiger partial charge in [-0.15, -0.1) is 0 Å². The molecule has 4 nitrogen and oxygen atoms in total. The average Bonchev–Trinajstić information content (AvgIpc) is 3.34. The van der Waals surface area contributed by atoms with Gasteiger partial charge >= 0.3 is 0 Å². The van der Waals surface area contributed by atoms with Crippen molar-refractivity contribution < 1.29 is 5.11 Å². The molecular weight excluding hydrogens is 382 g/mol. The first-order valence-corrected chi connectivity index (χ1v) is 9.89. The van der Waals surface area contributed by atoms with E-state index in [2.05, 4.69) is 24.5 Å². The van der Waals surface area contributed by atoms with Crippen molar-refractivity contribution in [3.8, 4) is 34.2 Å². The molecule has 0 saturated carbocycles. The Hall–Kier alpha value is -4.36. The molecular formula is C27H21N3O. The number of rotatable bonds is 6. The largest absolute Gasteiger partial charge is 0.507 e. The number of phenolic OH excluding ortho intramolecular Hbond substituents is 1. The van der Waals surface area contributed by atoms with Crippen LogP contribution in [0.3, 0.4) is 0 Å². The fourth-order valence-corrected chi connectivity index (χ4v) is 3.53. The van der Waals surface area contributed by atoms with Crippen LogP contribution in [0.4, 0.5) is 5.82 Å². The van der Waals surface area contributed by atoms with Crippen molar-refractivity contribution in [2.24, 2.45) is 0 Å². The van der Waals surface area contributed by atoms with Crippen LogP contribution in [0.1, 0.15) is 17.5 Å². The highest BCUT2D eigenvalue weighted by molar-refractivity contribution is 5.83. The fraction of sp³-hybridized carbons (Fsp3) is 0.0370. The van der Waals surface area contributed by atoms with E-state index in [-0.39, 0.29) is 5.75 Å². The van der Waals surface area contributed by atoms with E-state index in [1.165, 1.54) is 0 Å². The van der Waals surface area contributed by atoms with E-state index >= 15 is 0 Å². The van der Waals surface area contributed by atoms with Crippen LogP contribution < -0.4 is 5.32 Å². The van der Waals surface area contributed by atoms with Crippen molar-refractivity contribution in [1.82, 2.24) is 4.98 Å². The number of nitriles is 1. The molecule has 3 aromatic rings. The summed E-state index contributed by atoms with van der Waals surface area (Å²) in [7, 11) is 0. The van der Waals surface area contributed by atoms with Gasteiger partial charge in [0.2, 0.25) is 0 Å². The predicted octanol–water partition coefficient (Wildman–Crippen LogP) is 6.45. The van der Waals surface area contributed by atoms with Gasteiger partial charge < -0.3 is 10.4 Å². The maximum absolute atomic E-state index is 10.4. The number of benzene rings is 2. The second-order valence-electron chi connectivity index (χ2n) is 7.16. The van der Waals surface area contributed by atoms with Crippen LogP contribution >= 0.6 is 0 Å². The zero-order valence-corrected chi connectivity index (χ0v) is 17.0. The monoisotopic (exact) mass is 403 g/mol. The summed E-state index contributed by atoms with van der Waals surface area (Å²) in [4.78, 5) is 4.69. The molecule has 2 N–H and O–H groups in total. The Labute approximate surface area is 181 Å². The predicted molar refractivity (Wildman–Crippen MR) is 126 cm³/mol. The second kappa shape index (κ2) is 8.56. The lowest BCUT2D eigenvalue weighted by molar-refractivity contribution is 0.477. The molecule has 0 radical (unpaired) electrons. The van der Waals surface area contributed by atoms with E-state index in [0.717, 1.165) is 23.1 Å². The van der Waals surface area contributed by atoms with Crippen LogP contribution in [0.2, 0.25) is 0 Å². The quantitative estimate of drug-likeness (QED) is 0.496. The molecule has 150 valence electrons. The van der Waals surface area contributed by atoms with E-state index in [1.54, 1.807) is 24.3 Å². The van der Waals surface area contributed by atoms with Gasteiger partial charge in [0, 0.05) is 16.8 Å². The first-order chi connectivity index (χ1) is 15.1. The maximum atomic E-state index is 10.4. The van der Waals surface area contributed by atoms with Gasteiger partial charge in [-0.2, -0.15) is 5.26 Å². The molecule has 31 heavy (non-hydrogen) atoms. The third-order valence-electron chi connectivity index (χ3n) is 5.17. The molecule has 4 rings (SSSR count). The number of allylic oxidation sites excluding steroid dienone is 4. The van der Waals surface area contributed by atoms with Crippen LogP contribution in [0.25, 0.3) is 28.5 Å². The van der Waals surface area contributed by atoms with Crippen molar-refractivity contribution in [2.45, 2.75) is 6.42 Å². The molecule has 1 heterocycles. The summed E-state index contributed by atoms with van der Waals surface area (Å²) >= 11 is 0.